The molecular formula is C12H16N4OS. The van der Waals surface area contributed by atoms with E-state index in [2.05, 4.69) is 26.9 Å². The van der Waals surface area contributed by atoms with Gasteiger partial charge in [0.1, 0.15) is 6.26 Å². The second-order valence-electron chi connectivity index (χ2n) is 4.51. The molecule has 0 unspecified atom stereocenters. The molecule has 2 aromatic heterocycles. The first-order valence-corrected chi connectivity index (χ1v) is 6.92. The van der Waals surface area contributed by atoms with Crippen LogP contribution in [0, 0.1) is 6.92 Å². The van der Waals surface area contributed by atoms with Gasteiger partial charge >= 0.3 is 0 Å². The Kier molecular flexibility index (Phi) is 3.29. The molecular weight excluding hydrogens is 248 g/mol. The summed E-state index contributed by atoms with van der Waals surface area (Å²) in [6, 6.07) is 1.93. The SMILES string of the molecule is Cc1cnc(N2CCN(Cc3ccon3)CC2)s1. The van der Waals surface area contributed by atoms with Crippen LogP contribution in [0.4, 0.5) is 5.13 Å². The predicted molar refractivity (Wildman–Crippen MR) is 70.8 cm³/mol. The zero-order chi connectivity index (χ0) is 12.4. The van der Waals surface area contributed by atoms with Gasteiger partial charge in [0.2, 0.25) is 0 Å². The summed E-state index contributed by atoms with van der Waals surface area (Å²) in [6.07, 6.45) is 3.58. The van der Waals surface area contributed by atoms with E-state index in [0.29, 0.717) is 0 Å². The van der Waals surface area contributed by atoms with Crippen molar-refractivity contribution in [3.63, 3.8) is 0 Å². The van der Waals surface area contributed by atoms with E-state index in [0.717, 1.165) is 43.5 Å². The maximum atomic E-state index is 4.85. The van der Waals surface area contributed by atoms with Gasteiger partial charge in [-0.15, -0.1) is 11.3 Å². The molecule has 0 radical (unpaired) electrons. The highest BCUT2D eigenvalue weighted by Gasteiger charge is 2.19. The lowest BCUT2D eigenvalue weighted by molar-refractivity contribution is 0.242. The molecule has 96 valence electrons. The molecule has 0 saturated carbocycles. The Morgan fingerprint density at radius 3 is 2.78 bits per heavy atom. The van der Waals surface area contributed by atoms with Gasteiger partial charge in [0.25, 0.3) is 0 Å². The molecule has 0 atom stereocenters. The fourth-order valence-electron chi connectivity index (χ4n) is 2.13. The van der Waals surface area contributed by atoms with Crippen molar-refractivity contribution in [2.75, 3.05) is 31.1 Å². The van der Waals surface area contributed by atoms with Crippen LogP contribution in [0.15, 0.2) is 23.0 Å². The fourth-order valence-corrected chi connectivity index (χ4v) is 2.94. The van der Waals surface area contributed by atoms with Gasteiger partial charge in [0.15, 0.2) is 5.13 Å². The highest BCUT2D eigenvalue weighted by atomic mass is 32.1. The molecule has 1 aliphatic heterocycles. The Morgan fingerprint density at radius 2 is 2.17 bits per heavy atom. The molecule has 1 aliphatic rings. The summed E-state index contributed by atoms with van der Waals surface area (Å²) >= 11 is 1.77. The maximum absolute atomic E-state index is 4.85. The van der Waals surface area contributed by atoms with Gasteiger partial charge in [-0.3, -0.25) is 4.90 Å². The van der Waals surface area contributed by atoms with Gasteiger partial charge in [-0.05, 0) is 6.92 Å². The summed E-state index contributed by atoms with van der Waals surface area (Å²) in [4.78, 5) is 10.5. The van der Waals surface area contributed by atoms with Crippen LogP contribution >= 0.6 is 11.3 Å². The number of aromatic nitrogens is 2. The van der Waals surface area contributed by atoms with Crippen molar-refractivity contribution in [3.05, 3.63) is 29.1 Å². The zero-order valence-electron chi connectivity index (χ0n) is 10.4. The van der Waals surface area contributed by atoms with Crippen LogP contribution in [0.3, 0.4) is 0 Å². The Hall–Kier alpha value is -1.40. The van der Waals surface area contributed by atoms with Crippen LogP contribution in [-0.4, -0.2) is 41.2 Å². The van der Waals surface area contributed by atoms with Gasteiger partial charge < -0.3 is 9.42 Å². The van der Waals surface area contributed by atoms with E-state index >= 15 is 0 Å². The quantitative estimate of drug-likeness (QED) is 0.845. The van der Waals surface area contributed by atoms with Crippen molar-refractivity contribution >= 4 is 16.5 Å². The number of piperazine rings is 1. The van der Waals surface area contributed by atoms with Crippen LogP contribution in [0.1, 0.15) is 10.6 Å². The predicted octanol–water partition coefficient (Wildman–Crippen LogP) is 1.76. The molecule has 0 bridgehead atoms. The van der Waals surface area contributed by atoms with Crippen molar-refractivity contribution < 1.29 is 4.52 Å². The van der Waals surface area contributed by atoms with E-state index in [1.54, 1.807) is 17.6 Å². The van der Waals surface area contributed by atoms with Crippen molar-refractivity contribution in [2.45, 2.75) is 13.5 Å². The van der Waals surface area contributed by atoms with E-state index in [4.69, 9.17) is 4.52 Å². The number of anilines is 1. The van der Waals surface area contributed by atoms with Crippen LogP contribution in [0.25, 0.3) is 0 Å². The van der Waals surface area contributed by atoms with Gasteiger partial charge in [-0.25, -0.2) is 4.98 Å². The highest BCUT2D eigenvalue weighted by Crippen LogP contribution is 2.22. The average Bonchev–Trinajstić information content (AvgIpc) is 3.02. The topological polar surface area (TPSA) is 45.4 Å². The lowest BCUT2D eigenvalue weighted by atomic mass is 10.3. The molecule has 5 nitrogen and oxygen atoms in total. The van der Waals surface area contributed by atoms with E-state index in [-0.39, 0.29) is 0 Å². The molecule has 3 heterocycles. The minimum Gasteiger partial charge on any atom is -0.364 e. The Bertz CT molecular complexity index is 488. The normalized spacial score (nSPS) is 17.3. The standard InChI is InChI=1S/C12H16N4OS/c1-10-8-13-12(18-10)16-5-3-15(4-6-16)9-11-2-7-17-14-11/h2,7-8H,3-6,9H2,1H3. The molecule has 2 aromatic rings. The van der Waals surface area contributed by atoms with Crippen LogP contribution in [0.2, 0.25) is 0 Å². The number of aryl methyl sites for hydroxylation is 1. The largest absolute Gasteiger partial charge is 0.364 e. The molecule has 0 spiro atoms. The Morgan fingerprint density at radius 1 is 1.33 bits per heavy atom. The molecule has 0 N–H and O–H groups in total. The van der Waals surface area contributed by atoms with E-state index < -0.39 is 0 Å². The molecule has 0 aromatic carbocycles. The Labute approximate surface area is 110 Å². The lowest BCUT2D eigenvalue weighted by Gasteiger charge is -2.34. The Balaban J connectivity index is 1.55. The second-order valence-corrected chi connectivity index (χ2v) is 5.72. The number of rotatable bonds is 3. The monoisotopic (exact) mass is 264 g/mol. The first-order chi connectivity index (χ1) is 8.81. The van der Waals surface area contributed by atoms with Crippen LogP contribution in [-0.2, 0) is 6.54 Å². The fraction of sp³-hybridized carbons (Fsp3) is 0.500. The molecule has 0 aliphatic carbocycles. The average molecular weight is 264 g/mol. The third kappa shape index (κ3) is 2.54. The first-order valence-electron chi connectivity index (χ1n) is 6.10. The number of hydrogen-bond acceptors (Lipinski definition) is 6. The van der Waals surface area contributed by atoms with Crippen molar-refractivity contribution in [3.8, 4) is 0 Å². The molecule has 0 amide bonds. The third-order valence-corrected chi connectivity index (χ3v) is 4.10. The van der Waals surface area contributed by atoms with Crippen LogP contribution < -0.4 is 4.90 Å². The third-order valence-electron chi connectivity index (χ3n) is 3.13. The van der Waals surface area contributed by atoms with Gasteiger partial charge in [-0.2, -0.15) is 0 Å². The lowest BCUT2D eigenvalue weighted by Crippen LogP contribution is -2.45. The molecule has 3 rings (SSSR count). The summed E-state index contributed by atoms with van der Waals surface area (Å²) in [6.45, 7) is 7.13. The molecule has 1 saturated heterocycles. The van der Waals surface area contributed by atoms with Crippen LogP contribution in [0.5, 0.6) is 0 Å². The van der Waals surface area contributed by atoms with Gasteiger partial charge in [0, 0.05) is 49.9 Å². The molecule has 1 fully saturated rings. The number of hydrogen-bond donors (Lipinski definition) is 0. The summed E-state index contributed by atoms with van der Waals surface area (Å²) in [5.74, 6) is 0. The minimum absolute atomic E-state index is 0.876. The van der Waals surface area contributed by atoms with E-state index in [9.17, 15) is 0 Å². The minimum atomic E-state index is 0.876. The van der Waals surface area contributed by atoms with E-state index in [1.807, 2.05) is 12.3 Å². The van der Waals surface area contributed by atoms with E-state index in [1.165, 1.54) is 4.88 Å². The summed E-state index contributed by atoms with van der Waals surface area (Å²) in [7, 11) is 0. The maximum Gasteiger partial charge on any atom is 0.185 e. The summed E-state index contributed by atoms with van der Waals surface area (Å²) in [5.41, 5.74) is 1.01. The first kappa shape index (κ1) is 11.7. The van der Waals surface area contributed by atoms with Crippen molar-refractivity contribution in [2.24, 2.45) is 0 Å². The second kappa shape index (κ2) is 5.07. The smallest absolute Gasteiger partial charge is 0.185 e. The van der Waals surface area contributed by atoms with Crippen molar-refractivity contribution in [1.82, 2.24) is 15.0 Å². The molecule has 18 heavy (non-hydrogen) atoms. The summed E-state index contributed by atoms with van der Waals surface area (Å²) in [5, 5.41) is 5.10. The van der Waals surface area contributed by atoms with Gasteiger partial charge in [0.05, 0.1) is 5.69 Å². The summed E-state index contributed by atoms with van der Waals surface area (Å²) < 4.78 is 4.85. The number of thiazole rings is 1. The molecule has 6 heteroatoms. The highest BCUT2D eigenvalue weighted by molar-refractivity contribution is 7.15. The van der Waals surface area contributed by atoms with Crippen molar-refractivity contribution in [1.29, 1.82) is 0 Å². The zero-order valence-corrected chi connectivity index (χ0v) is 11.2. The van der Waals surface area contributed by atoms with Gasteiger partial charge in [-0.1, -0.05) is 5.16 Å². The number of nitrogens with zero attached hydrogens (tertiary/aromatic N) is 4.